The molecule has 0 radical (unpaired) electrons. The van der Waals surface area contributed by atoms with Crippen LogP contribution in [0.4, 0.5) is 0 Å². The van der Waals surface area contributed by atoms with Gasteiger partial charge >= 0.3 is 11.9 Å². The molecule has 0 aromatic carbocycles. The average Bonchev–Trinajstić information content (AvgIpc) is 1.84. The minimum atomic E-state index is -2.27. The van der Waals surface area contributed by atoms with E-state index in [1.165, 1.54) is 0 Å². The van der Waals surface area contributed by atoms with Crippen LogP contribution in [0.2, 0.25) is 0 Å². The van der Waals surface area contributed by atoms with Crippen molar-refractivity contribution in [1.29, 1.82) is 0 Å². The molecule has 0 saturated heterocycles. The monoisotopic (exact) mass is 232 g/mol. The zero-order chi connectivity index (χ0) is 8.31. The molecule has 0 bridgehead atoms. The van der Waals surface area contributed by atoms with E-state index in [-0.39, 0.29) is 25.0 Å². The predicted octanol–water partition coefficient (Wildman–Crippen LogP) is -2.95. The van der Waals surface area contributed by atoms with Gasteiger partial charge in [-0.05, 0) is 0 Å². The van der Waals surface area contributed by atoms with Crippen LogP contribution in [0.3, 0.4) is 0 Å². The summed E-state index contributed by atoms with van der Waals surface area (Å²) in [4.78, 5) is 19.5. The third kappa shape index (κ3) is 5.14. The maximum Gasteiger partial charge on any atom is 0.335 e. The van der Waals surface area contributed by atoms with Crippen molar-refractivity contribution in [2.24, 2.45) is 0 Å². The normalized spacial score (nSPS) is 13.2. The summed E-state index contributed by atoms with van der Waals surface area (Å²) >= 11 is 0. The third-order valence-corrected chi connectivity index (χ3v) is 0.805. The van der Waals surface area contributed by atoms with E-state index in [9.17, 15) is 9.59 Å². The van der Waals surface area contributed by atoms with Crippen LogP contribution < -0.4 is 0 Å². The van der Waals surface area contributed by atoms with E-state index in [0.717, 1.165) is 0 Å². The summed E-state index contributed by atoms with van der Waals surface area (Å²) in [5.41, 5.74) is 0. The molecule has 0 rings (SSSR count). The molecule has 2 unspecified atom stereocenters. The summed E-state index contributed by atoms with van der Waals surface area (Å²) in [5.74, 6) is -3.54. The Morgan fingerprint density at radius 2 is 1.08 bits per heavy atom. The van der Waals surface area contributed by atoms with Crippen LogP contribution in [0.1, 0.15) is 0 Å². The number of hydrogen-bond acceptors (Lipinski definition) is 4. The van der Waals surface area contributed by atoms with Crippen molar-refractivity contribution in [2.75, 3.05) is 0 Å². The van der Waals surface area contributed by atoms with Gasteiger partial charge in [0.25, 0.3) is 0 Å². The second kappa shape index (κ2) is 7.11. The van der Waals surface area contributed by atoms with Crippen molar-refractivity contribution in [3.8, 4) is 0 Å². The first-order chi connectivity index (χ1) is 4.46. The molecular weight excluding hydrogens is 225 g/mol. The predicted molar refractivity (Wildman–Crippen MR) is 30.9 cm³/mol. The second-order valence-electron chi connectivity index (χ2n) is 1.57. The van der Waals surface area contributed by atoms with Gasteiger partial charge in [-0.25, -0.2) is 9.59 Å². The molecule has 0 aliphatic heterocycles. The van der Waals surface area contributed by atoms with Gasteiger partial charge in [-0.2, -0.15) is 0 Å². The van der Waals surface area contributed by atoms with Gasteiger partial charge < -0.3 is 25.9 Å². The second-order valence-corrected chi connectivity index (χ2v) is 1.57. The van der Waals surface area contributed by atoms with Gasteiger partial charge in [0.15, 0.2) is 12.2 Å². The molecule has 0 amide bonds. The smallest absolute Gasteiger partial charge is 0.335 e. The molecule has 0 heterocycles. The topological polar surface area (TPSA) is 147 Å². The number of rotatable bonds is 3. The van der Waals surface area contributed by atoms with Crippen molar-refractivity contribution >= 4 is 11.9 Å². The first-order valence-corrected chi connectivity index (χ1v) is 2.28. The van der Waals surface area contributed by atoms with E-state index in [4.69, 9.17) is 20.4 Å². The number of carboxylic acid groups (broad SMARTS) is 2. The maximum absolute atomic E-state index is 9.77. The molecule has 0 spiro atoms. The molecular formula is C4H8O7Zn. The molecule has 12 heavy (non-hydrogen) atoms. The number of hydrogen-bond donors (Lipinski definition) is 4. The van der Waals surface area contributed by atoms with Crippen LogP contribution >= 0.6 is 0 Å². The Balaban J connectivity index is -0.000000405. The van der Waals surface area contributed by atoms with Crippen LogP contribution in [0.15, 0.2) is 0 Å². The van der Waals surface area contributed by atoms with E-state index < -0.39 is 24.1 Å². The molecule has 6 N–H and O–H groups in total. The maximum atomic E-state index is 9.77. The van der Waals surface area contributed by atoms with Crippen molar-refractivity contribution in [3.63, 3.8) is 0 Å². The first kappa shape index (κ1) is 17.5. The Hall–Kier alpha value is -0.557. The Morgan fingerprint density at radius 3 is 1.17 bits per heavy atom. The molecule has 0 saturated carbocycles. The van der Waals surface area contributed by atoms with E-state index >= 15 is 0 Å². The number of aliphatic hydroxyl groups excluding tert-OH is 2. The summed E-state index contributed by atoms with van der Waals surface area (Å²) in [6.45, 7) is 0. The zero-order valence-corrected chi connectivity index (χ0v) is 8.93. The van der Waals surface area contributed by atoms with Crippen LogP contribution in [0, 0.1) is 0 Å². The summed E-state index contributed by atoms with van der Waals surface area (Å²) in [7, 11) is 0. The van der Waals surface area contributed by atoms with Gasteiger partial charge in [-0.1, -0.05) is 0 Å². The van der Waals surface area contributed by atoms with Crippen molar-refractivity contribution in [2.45, 2.75) is 12.2 Å². The average molecular weight is 233 g/mol. The Kier molecular flexibility index (Phi) is 10.4. The van der Waals surface area contributed by atoms with Crippen LogP contribution in [-0.2, 0) is 29.1 Å². The van der Waals surface area contributed by atoms with Gasteiger partial charge in [-0.3, -0.25) is 0 Å². The van der Waals surface area contributed by atoms with Gasteiger partial charge in [0.05, 0.1) is 0 Å². The van der Waals surface area contributed by atoms with E-state index in [2.05, 4.69) is 0 Å². The molecule has 0 aliphatic rings. The Morgan fingerprint density at radius 1 is 0.917 bits per heavy atom. The van der Waals surface area contributed by atoms with Crippen LogP contribution in [0.5, 0.6) is 0 Å². The van der Waals surface area contributed by atoms with E-state index in [0.29, 0.717) is 0 Å². The van der Waals surface area contributed by atoms with Gasteiger partial charge in [0, 0.05) is 19.5 Å². The summed E-state index contributed by atoms with van der Waals surface area (Å²) in [5, 5.41) is 32.5. The summed E-state index contributed by atoms with van der Waals surface area (Å²) in [6.07, 6.45) is -4.53. The largest absolute Gasteiger partial charge is 0.479 e. The van der Waals surface area contributed by atoms with Gasteiger partial charge in [0.2, 0.25) is 0 Å². The fourth-order valence-electron chi connectivity index (χ4n) is 0.270. The fraction of sp³-hybridized carbons (Fsp3) is 0.500. The molecule has 0 aromatic rings. The van der Waals surface area contributed by atoms with Gasteiger partial charge in [-0.15, -0.1) is 0 Å². The minimum absolute atomic E-state index is 0. The molecule has 0 aliphatic carbocycles. The Bertz CT molecular complexity index is 139. The van der Waals surface area contributed by atoms with E-state index in [1.54, 1.807) is 0 Å². The minimum Gasteiger partial charge on any atom is -0.479 e. The van der Waals surface area contributed by atoms with Crippen molar-refractivity contribution in [3.05, 3.63) is 0 Å². The SMILES string of the molecule is O.O=C(O)C(O)C(O)C(=O)O.[Zn]. The quantitative estimate of drug-likeness (QED) is 0.383. The molecule has 0 fully saturated rings. The standard InChI is InChI=1S/C4H6O6.H2O.Zn/c5-1(3(7)8)2(6)4(9)10;;/h1-2,5-6H,(H,7,8)(H,9,10);1H2;. The third-order valence-electron chi connectivity index (χ3n) is 0.805. The van der Waals surface area contributed by atoms with Crippen LogP contribution in [-0.4, -0.2) is 50.0 Å². The molecule has 8 heteroatoms. The number of carbonyl (C=O) groups is 2. The van der Waals surface area contributed by atoms with Crippen molar-refractivity contribution < 1.29 is 55.0 Å². The molecule has 2 atom stereocenters. The van der Waals surface area contributed by atoms with Gasteiger partial charge in [0.1, 0.15) is 0 Å². The Labute approximate surface area is 79.7 Å². The van der Waals surface area contributed by atoms with Crippen molar-refractivity contribution in [1.82, 2.24) is 0 Å². The fourth-order valence-corrected chi connectivity index (χ4v) is 0.270. The van der Waals surface area contributed by atoms with Crippen LogP contribution in [0.25, 0.3) is 0 Å². The molecule has 68 valence electrons. The summed E-state index contributed by atoms with van der Waals surface area (Å²) < 4.78 is 0. The number of aliphatic carboxylic acids is 2. The first-order valence-electron chi connectivity index (χ1n) is 2.28. The molecule has 0 aromatic heterocycles. The summed E-state index contributed by atoms with van der Waals surface area (Å²) in [6, 6.07) is 0. The zero-order valence-electron chi connectivity index (χ0n) is 5.97. The number of aliphatic hydroxyl groups is 2. The van der Waals surface area contributed by atoms with E-state index in [1.807, 2.05) is 0 Å². The molecule has 7 nitrogen and oxygen atoms in total. The number of carboxylic acids is 2.